The highest BCUT2D eigenvalue weighted by atomic mass is 16.5. The van der Waals surface area contributed by atoms with Gasteiger partial charge < -0.3 is 14.8 Å². The number of hydrogen-bond acceptors (Lipinski definition) is 4. The van der Waals surface area contributed by atoms with Crippen LogP contribution in [-0.2, 0) is 9.53 Å². The number of benzene rings is 2. The van der Waals surface area contributed by atoms with Gasteiger partial charge in [0.05, 0.1) is 14.2 Å². The molecule has 136 valence electrons. The zero-order chi connectivity index (χ0) is 18.8. The molecule has 0 aromatic heterocycles. The number of carbonyl (C=O) groups is 2. The highest BCUT2D eigenvalue weighted by Crippen LogP contribution is 2.40. The first-order chi connectivity index (χ1) is 12.4. The van der Waals surface area contributed by atoms with Crippen molar-refractivity contribution < 1.29 is 19.1 Å². The molecule has 0 aliphatic carbocycles. The van der Waals surface area contributed by atoms with E-state index in [0.29, 0.717) is 17.8 Å². The summed E-state index contributed by atoms with van der Waals surface area (Å²) in [5.74, 6) is 0.741. The first-order valence-corrected chi connectivity index (χ1v) is 8.36. The molecule has 1 aliphatic rings. The van der Waals surface area contributed by atoms with Gasteiger partial charge >= 0.3 is 6.09 Å². The molecule has 1 aliphatic heterocycles. The van der Waals surface area contributed by atoms with Gasteiger partial charge in [-0.15, -0.1) is 0 Å². The van der Waals surface area contributed by atoms with Gasteiger partial charge in [-0.05, 0) is 54.3 Å². The Hall–Kier alpha value is -3.02. The fourth-order valence-electron chi connectivity index (χ4n) is 3.40. The molecule has 0 saturated heterocycles. The highest BCUT2D eigenvalue weighted by molar-refractivity contribution is 5.97. The highest BCUT2D eigenvalue weighted by Gasteiger charge is 2.28. The maximum absolute atomic E-state index is 12.3. The Morgan fingerprint density at radius 3 is 2.58 bits per heavy atom. The minimum atomic E-state index is -0.551. The number of hydrogen-bond donors (Lipinski definition) is 2. The van der Waals surface area contributed by atoms with E-state index in [2.05, 4.69) is 21.4 Å². The van der Waals surface area contributed by atoms with E-state index in [0.717, 1.165) is 28.0 Å². The number of carbonyl (C=O) groups excluding carboxylic acids is 2. The molecule has 6 nitrogen and oxygen atoms in total. The van der Waals surface area contributed by atoms with E-state index < -0.39 is 6.09 Å². The third-order valence-electron chi connectivity index (χ3n) is 4.68. The number of nitrogens with one attached hydrogen (secondary N) is 2. The number of fused-ring (bicyclic) bond motifs is 1. The Morgan fingerprint density at radius 2 is 1.88 bits per heavy atom. The smallest absolute Gasteiger partial charge is 0.411 e. The minimum Gasteiger partial charge on any atom is -0.496 e. The van der Waals surface area contributed by atoms with Crippen molar-refractivity contribution in [2.75, 3.05) is 24.9 Å². The summed E-state index contributed by atoms with van der Waals surface area (Å²) in [4.78, 5) is 23.7. The topological polar surface area (TPSA) is 76.7 Å². The van der Waals surface area contributed by atoms with E-state index in [1.54, 1.807) is 13.2 Å². The summed E-state index contributed by atoms with van der Waals surface area (Å²) in [5.41, 5.74) is 5.51. The second-order valence-corrected chi connectivity index (χ2v) is 6.40. The van der Waals surface area contributed by atoms with Crippen LogP contribution in [0.1, 0.15) is 34.6 Å². The van der Waals surface area contributed by atoms with Crippen molar-refractivity contribution in [2.45, 2.75) is 26.2 Å². The Morgan fingerprint density at radius 1 is 1.12 bits per heavy atom. The van der Waals surface area contributed by atoms with Crippen molar-refractivity contribution >= 4 is 23.4 Å². The number of methoxy groups -OCH3 is 2. The number of amides is 2. The van der Waals surface area contributed by atoms with Gasteiger partial charge in [-0.25, -0.2) is 4.79 Å². The van der Waals surface area contributed by atoms with Gasteiger partial charge in [0.25, 0.3) is 0 Å². The van der Waals surface area contributed by atoms with Gasteiger partial charge in [0.15, 0.2) is 0 Å². The lowest BCUT2D eigenvalue weighted by molar-refractivity contribution is -0.116. The molecule has 6 heteroatoms. The van der Waals surface area contributed by atoms with Gasteiger partial charge in [-0.1, -0.05) is 12.1 Å². The van der Waals surface area contributed by atoms with Crippen molar-refractivity contribution in [3.05, 3.63) is 52.6 Å². The molecule has 0 spiro atoms. The lowest BCUT2D eigenvalue weighted by Gasteiger charge is -2.28. The molecule has 0 radical (unpaired) electrons. The van der Waals surface area contributed by atoms with E-state index in [1.807, 2.05) is 32.0 Å². The number of anilines is 2. The van der Waals surface area contributed by atoms with Crippen LogP contribution in [0.3, 0.4) is 0 Å². The summed E-state index contributed by atoms with van der Waals surface area (Å²) < 4.78 is 10.0. The van der Waals surface area contributed by atoms with E-state index in [-0.39, 0.29) is 11.8 Å². The molecule has 3 rings (SSSR count). The van der Waals surface area contributed by atoms with Crippen LogP contribution in [0, 0.1) is 13.8 Å². The standard InChI is InChI=1S/C20H22N2O4/c1-11-8-18(25-3)12(2)7-15(11)16-10-19(23)22-17-9-13(5-6-14(16)17)21-20(24)26-4/h5-9,16H,10H2,1-4H3,(H,21,24)(H,22,23). The van der Waals surface area contributed by atoms with Gasteiger partial charge in [0.2, 0.25) is 5.91 Å². The molecular formula is C20H22N2O4. The van der Waals surface area contributed by atoms with Crippen LogP contribution in [0.25, 0.3) is 0 Å². The first-order valence-electron chi connectivity index (χ1n) is 8.36. The van der Waals surface area contributed by atoms with Gasteiger partial charge in [0.1, 0.15) is 5.75 Å². The average Bonchev–Trinajstić information content (AvgIpc) is 2.62. The number of aryl methyl sites for hydroxylation is 2. The molecule has 26 heavy (non-hydrogen) atoms. The van der Waals surface area contributed by atoms with Crippen LogP contribution in [0.4, 0.5) is 16.2 Å². The molecule has 2 amide bonds. The molecule has 0 fully saturated rings. The summed E-state index contributed by atoms with van der Waals surface area (Å²) in [6.07, 6.45) is -0.172. The number of rotatable bonds is 3. The third kappa shape index (κ3) is 3.35. The van der Waals surface area contributed by atoms with E-state index in [4.69, 9.17) is 4.74 Å². The minimum absolute atomic E-state index is 0.0458. The van der Waals surface area contributed by atoms with Crippen LogP contribution >= 0.6 is 0 Å². The largest absolute Gasteiger partial charge is 0.496 e. The van der Waals surface area contributed by atoms with Crippen molar-refractivity contribution in [1.82, 2.24) is 0 Å². The molecule has 2 aromatic rings. The van der Waals surface area contributed by atoms with Crippen molar-refractivity contribution in [3.63, 3.8) is 0 Å². The number of ether oxygens (including phenoxy) is 2. The molecule has 0 saturated carbocycles. The summed E-state index contributed by atoms with van der Waals surface area (Å²) in [5, 5.41) is 5.51. The van der Waals surface area contributed by atoms with Crippen LogP contribution in [0.5, 0.6) is 5.75 Å². The van der Waals surface area contributed by atoms with E-state index >= 15 is 0 Å². The molecule has 0 bridgehead atoms. The zero-order valence-electron chi connectivity index (χ0n) is 15.3. The Labute approximate surface area is 152 Å². The van der Waals surface area contributed by atoms with Gasteiger partial charge in [-0.2, -0.15) is 0 Å². The predicted molar refractivity (Wildman–Crippen MR) is 100 cm³/mol. The molecule has 2 N–H and O–H groups in total. The monoisotopic (exact) mass is 354 g/mol. The fraction of sp³-hybridized carbons (Fsp3) is 0.300. The van der Waals surface area contributed by atoms with Crippen LogP contribution in [0.15, 0.2) is 30.3 Å². The second-order valence-electron chi connectivity index (χ2n) is 6.40. The second kappa shape index (κ2) is 7.07. The average molecular weight is 354 g/mol. The van der Waals surface area contributed by atoms with Gasteiger partial charge in [-0.3, -0.25) is 10.1 Å². The van der Waals surface area contributed by atoms with Crippen LogP contribution in [0.2, 0.25) is 0 Å². The molecule has 1 heterocycles. The third-order valence-corrected chi connectivity index (χ3v) is 4.68. The maximum atomic E-state index is 12.3. The fourth-order valence-corrected chi connectivity index (χ4v) is 3.40. The van der Waals surface area contributed by atoms with Crippen molar-refractivity contribution in [1.29, 1.82) is 0 Å². The maximum Gasteiger partial charge on any atom is 0.411 e. The Balaban J connectivity index is 2.03. The normalized spacial score (nSPS) is 15.7. The molecule has 2 aromatic carbocycles. The zero-order valence-corrected chi connectivity index (χ0v) is 15.3. The van der Waals surface area contributed by atoms with Crippen molar-refractivity contribution in [3.8, 4) is 5.75 Å². The first kappa shape index (κ1) is 17.8. The summed E-state index contributed by atoms with van der Waals surface area (Å²) in [7, 11) is 2.96. The summed E-state index contributed by atoms with van der Waals surface area (Å²) >= 11 is 0. The lowest BCUT2D eigenvalue weighted by atomic mass is 9.82. The molecule has 1 unspecified atom stereocenters. The molecule has 1 atom stereocenters. The molecular weight excluding hydrogens is 332 g/mol. The Bertz CT molecular complexity index is 876. The Kier molecular flexibility index (Phi) is 4.84. The predicted octanol–water partition coefficient (Wildman–Crippen LogP) is 3.96. The van der Waals surface area contributed by atoms with E-state index in [1.165, 1.54) is 7.11 Å². The summed E-state index contributed by atoms with van der Waals surface area (Å²) in [6, 6.07) is 9.59. The van der Waals surface area contributed by atoms with E-state index in [9.17, 15) is 9.59 Å². The summed E-state index contributed by atoms with van der Waals surface area (Å²) in [6.45, 7) is 4.02. The SMILES string of the molecule is COC(=O)Nc1ccc2c(c1)NC(=O)CC2c1cc(C)c(OC)cc1C. The van der Waals surface area contributed by atoms with Crippen LogP contribution in [-0.4, -0.2) is 26.2 Å². The van der Waals surface area contributed by atoms with Crippen LogP contribution < -0.4 is 15.4 Å². The quantitative estimate of drug-likeness (QED) is 0.874. The lowest BCUT2D eigenvalue weighted by Crippen LogP contribution is -2.24. The van der Waals surface area contributed by atoms with Gasteiger partial charge in [0, 0.05) is 23.7 Å². The van der Waals surface area contributed by atoms with Crippen molar-refractivity contribution in [2.24, 2.45) is 0 Å².